The third kappa shape index (κ3) is 3.04. The summed E-state index contributed by atoms with van der Waals surface area (Å²) in [5, 5.41) is 17.3. The SMILES string of the molecule is CC(NCC(O)c1ccsc1)C1CCOC1. The fourth-order valence-corrected chi connectivity index (χ4v) is 2.70. The van der Waals surface area contributed by atoms with E-state index in [9.17, 15) is 5.11 Å². The van der Waals surface area contributed by atoms with E-state index in [0.717, 1.165) is 25.2 Å². The monoisotopic (exact) mass is 241 g/mol. The first-order valence-electron chi connectivity index (χ1n) is 5.78. The molecule has 90 valence electrons. The van der Waals surface area contributed by atoms with E-state index in [4.69, 9.17) is 4.74 Å². The van der Waals surface area contributed by atoms with E-state index in [2.05, 4.69) is 12.2 Å². The lowest BCUT2D eigenvalue weighted by atomic mass is 10.0. The Labute approximate surface area is 100 Å². The molecule has 0 aromatic carbocycles. The Bertz CT molecular complexity index is 296. The van der Waals surface area contributed by atoms with Gasteiger partial charge in [-0.2, -0.15) is 11.3 Å². The Morgan fingerprint density at radius 2 is 2.56 bits per heavy atom. The van der Waals surface area contributed by atoms with Crippen LogP contribution in [0.5, 0.6) is 0 Å². The first kappa shape index (κ1) is 12.0. The van der Waals surface area contributed by atoms with Crippen molar-refractivity contribution in [3.05, 3.63) is 22.4 Å². The quantitative estimate of drug-likeness (QED) is 0.826. The lowest BCUT2D eigenvalue weighted by molar-refractivity contribution is 0.156. The average molecular weight is 241 g/mol. The summed E-state index contributed by atoms with van der Waals surface area (Å²) in [5.41, 5.74) is 1.01. The first-order chi connectivity index (χ1) is 7.77. The highest BCUT2D eigenvalue weighted by atomic mass is 32.1. The van der Waals surface area contributed by atoms with Gasteiger partial charge in [0, 0.05) is 19.2 Å². The van der Waals surface area contributed by atoms with E-state index in [1.54, 1.807) is 11.3 Å². The Kier molecular flexibility index (Phi) is 4.35. The van der Waals surface area contributed by atoms with E-state index < -0.39 is 6.10 Å². The van der Waals surface area contributed by atoms with Gasteiger partial charge in [0.15, 0.2) is 0 Å². The van der Waals surface area contributed by atoms with Gasteiger partial charge in [-0.1, -0.05) is 0 Å². The van der Waals surface area contributed by atoms with Crippen LogP contribution in [0.2, 0.25) is 0 Å². The number of nitrogens with one attached hydrogen (secondary N) is 1. The number of aliphatic hydroxyl groups is 1. The smallest absolute Gasteiger partial charge is 0.0922 e. The number of aliphatic hydroxyl groups excluding tert-OH is 1. The molecule has 0 aliphatic carbocycles. The zero-order valence-corrected chi connectivity index (χ0v) is 10.4. The van der Waals surface area contributed by atoms with Gasteiger partial charge in [-0.15, -0.1) is 0 Å². The molecule has 3 unspecified atom stereocenters. The predicted octanol–water partition coefficient (Wildman–Crippen LogP) is 1.80. The van der Waals surface area contributed by atoms with Crippen molar-refractivity contribution in [3.63, 3.8) is 0 Å². The Balaban J connectivity index is 1.74. The number of hydrogen-bond acceptors (Lipinski definition) is 4. The van der Waals surface area contributed by atoms with Gasteiger partial charge in [0.2, 0.25) is 0 Å². The molecule has 0 saturated carbocycles. The van der Waals surface area contributed by atoms with Crippen LogP contribution in [0, 0.1) is 5.92 Å². The van der Waals surface area contributed by atoms with Crippen LogP contribution in [0.4, 0.5) is 0 Å². The molecular weight excluding hydrogens is 222 g/mol. The highest BCUT2D eigenvalue weighted by molar-refractivity contribution is 7.07. The van der Waals surface area contributed by atoms with Crippen molar-refractivity contribution >= 4 is 11.3 Å². The van der Waals surface area contributed by atoms with Crippen molar-refractivity contribution in [2.75, 3.05) is 19.8 Å². The van der Waals surface area contributed by atoms with Crippen molar-refractivity contribution in [1.29, 1.82) is 0 Å². The van der Waals surface area contributed by atoms with Crippen molar-refractivity contribution in [3.8, 4) is 0 Å². The maximum atomic E-state index is 9.91. The summed E-state index contributed by atoms with van der Waals surface area (Å²) in [6, 6.07) is 2.39. The minimum Gasteiger partial charge on any atom is -0.387 e. The van der Waals surface area contributed by atoms with Gasteiger partial charge < -0.3 is 15.2 Å². The second-order valence-electron chi connectivity index (χ2n) is 4.39. The topological polar surface area (TPSA) is 41.5 Å². The molecule has 1 saturated heterocycles. The van der Waals surface area contributed by atoms with Crippen molar-refractivity contribution in [2.24, 2.45) is 5.92 Å². The number of hydrogen-bond donors (Lipinski definition) is 2. The van der Waals surface area contributed by atoms with Crippen LogP contribution in [0.1, 0.15) is 25.0 Å². The number of ether oxygens (including phenoxy) is 1. The summed E-state index contributed by atoms with van der Waals surface area (Å²) in [6.45, 7) is 4.51. The zero-order valence-electron chi connectivity index (χ0n) is 9.56. The summed E-state index contributed by atoms with van der Waals surface area (Å²) in [7, 11) is 0. The summed E-state index contributed by atoms with van der Waals surface area (Å²) in [6.07, 6.45) is 0.735. The molecule has 1 aromatic rings. The molecule has 0 spiro atoms. The molecule has 0 radical (unpaired) electrons. The van der Waals surface area contributed by atoms with Gasteiger partial charge in [0.1, 0.15) is 0 Å². The Morgan fingerprint density at radius 3 is 3.19 bits per heavy atom. The molecule has 3 nitrogen and oxygen atoms in total. The first-order valence-corrected chi connectivity index (χ1v) is 6.73. The molecule has 0 amide bonds. The van der Waals surface area contributed by atoms with Gasteiger partial charge in [-0.3, -0.25) is 0 Å². The van der Waals surface area contributed by atoms with Crippen molar-refractivity contribution in [2.45, 2.75) is 25.5 Å². The largest absolute Gasteiger partial charge is 0.387 e. The van der Waals surface area contributed by atoms with E-state index in [0.29, 0.717) is 18.5 Å². The summed E-state index contributed by atoms with van der Waals surface area (Å²) >= 11 is 1.62. The van der Waals surface area contributed by atoms with Crippen molar-refractivity contribution < 1.29 is 9.84 Å². The molecule has 1 aromatic heterocycles. The molecule has 4 heteroatoms. The van der Waals surface area contributed by atoms with Crippen LogP contribution in [0.15, 0.2) is 16.8 Å². The van der Waals surface area contributed by atoms with Crippen LogP contribution in [-0.2, 0) is 4.74 Å². The van der Waals surface area contributed by atoms with E-state index in [1.165, 1.54) is 0 Å². The molecule has 0 bridgehead atoms. The van der Waals surface area contributed by atoms with Gasteiger partial charge in [-0.05, 0) is 41.7 Å². The van der Waals surface area contributed by atoms with Gasteiger partial charge in [0.25, 0.3) is 0 Å². The van der Waals surface area contributed by atoms with Gasteiger partial charge >= 0.3 is 0 Å². The van der Waals surface area contributed by atoms with Crippen LogP contribution in [0.25, 0.3) is 0 Å². The zero-order chi connectivity index (χ0) is 11.4. The normalized spacial score (nSPS) is 24.5. The molecule has 2 heterocycles. The highest BCUT2D eigenvalue weighted by Gasteiger charge is 2.22. The standard InChI is InChI=1S/C12H19NO2S/c1-9(10-2-4-15-7-10)13-6-12(14)11-3-5-16-8-11/h3,5,8-10,12-14H,2,4,6-7H2,1H3. The lowest BCUT2D eigenvalue weighted by Gasteiger charge is -2.21. The minimum atomic E-state index is -0.393. The summed E-state index contributed by atoms with van der Waals surface area (Å²) in [4.78, 5) is 0. The van der Waals surface area contributed by atoms with E-state index in [-0.39, 0.29) is 0 Å². The van der Waals surface area contributed by atoms with Crippen LogP contribution >= 0.6 is 11.3 Å². The fourth-order valence-electron chi connectivity index (χ4n) is 1.99. The second-order valence-corrected chi connectivity index (χ2v) is 5.17. The minimum absolute atomic E-state index is 0.393. The third-order valence-electron chi connectivity index (χ3n) is 3.23. The maximum absolute atomic E-state index is 9.91. The Hall–Kier alpha value is -0.420. The van der Waals surface area contributed by atoms with Crippen LogP contribution in [0.3, 0.4) is 0 Å². The maximum Gasteiger partial charge on any atom is 0.0922 e. The second kappa shape index (κ2) is 5.77. The van der Waals surface area contributed by atoms with E-state index in [1.807, 2.05) is 16.8 Å². The van der Waals surface area contributed by atoms with Crippen LogP contribution < -0.4 is 5.32 Å². The van der Waals surface area contributed by atoms with E-state index >= 15 is 0 Å². The molecule has 1 aliphatic rings. The van der Waals surface area contributed by atoms with Gasteiger partial charge in [-0.25, -0.2) is 0 Å². The fraction of sp³-hybridized carbons (Fsp3) is 0.667. The number of thiophene rings is 1. The molecule has 16 heavy (non-hydrogen) atoms. The molecular formula is C12H19NO2S. The summed E-state index contributed by atoms with van der Waals surface area (Å²) in [5.74, 6) is 0.592. The summed E-state index contributed by atoms with van der Waals surface area (Å²) < 4.78 is 5.36. The highest BCUT2D eigenvalue weighted by Crippen LogP contribution is 2.18. The number of rotatable bonds is 5. The molecule has 1 aliphatic heterocycles. The predicted molar refractivity (Wildman–Crippen MR) is 65.7 cm³/mol. The molecule has 2 N–H and O–H groups in total. The lowest BCUT2D eigenvalue weighted by Crippen LogP contribution is -2.36. The molecule has 3 atom stereocenters. The molecule has 2 rings (SSSR count). The average Bonchev–Trinajstić information content (AvgIpc) is 2.95. The van der Waals surface area contributed by atoms with Gasteiger partial charge in [0.05, 0.1) is 12.7 Å². The molecule has 1 fully saturated rings. The Morgan fingerprint density at radius 1 is 1.69 bits per heavy atom. The van der Waals surface area contributed by atoms with Crippen LogP contribution in [-0.4, -0.2) is 30.9 Å². The van der Waals surface area contributed by atoms with Crippen molar-refractivity contribution in [1.82, 2.24) is 5.32 Å². The third-order valence-corrected chi connectivity index (χ3v) is 3.93.